The third-order valence-corrected chi connectivity index (χ3v) is 3.89. The van der Waals surface area contributed by atoms with Gasteiger partial charge in [-0.1, -0.05) is 38.4 Å². The van der Waals surface area contributed by atoms with Crippen LogP contribution < -0.4 is 5.32 Å². The lowest BCUT2D eigenvalue weighted by Gasteiger charge is -2.13. The Labute approximate surface area is 116 Å². The number of nitrogens with zero attached hydrogens (tertiary/aromatic N) is 2. The highest BCUT2D eigenvalue weighted by Gasteiger charge is 2.17. The average molecular weight is 282 g/mol. The summed E-state index contributed by atoms with van der Waals surface area (Å²) in [5.41, 5.74) is 1.14. The van der Waals surface area contributed by atoms with Crippen LogP contribution >= 0.6 is 22.9 Å². The number of thiazole rings is 1. The first kappa shape index (κ1) is 13.3. The third-order valence-electron chi connectivity index (χ3n) is 2.36. The zero-order valence-corrected chi connectivity index (χ0v) is 12.3. The second-order valence-corrected chi connectivity index (χ2v) is 6.34. The van der Waals surface area contributed by atoms with Crippen molar-refractivity contribution in [3.8, 4) is 0 Å². The zero-order chi connectivity index (χ0) is 13.2. The van der Waals surface area contributed by atoms with Gasteiger partial charge in [-0.2, -0.15) is 0 Å². The highest BCUT2D eigenvalue weighted by atomic mass is 35.5. The fourth-order valence-corrected chi connectivity index (χ4v) is 2.49. The van der Waals surface area contributed by atoms with Crippen LogP contribution in [0.5, 0.6) is 0 Å². The van der Waals surface area contributed by atoms with E-state index in [1.54, 1.807) is 17.4 Å². The topological polar surface area (TPSA) is 37.8 Å². The van der Waals surface area contributed by atoms with Crippen LogP contribution in [0.25, 0.3) is 0 Å². The van der Waals surface area contributed by atoms with Gasteiger partial charge in [0.25, 0.3) is 0 Å². The predicted octanol–water partition coefficient (Wildman–Crippen LogP) is 4.10. The summed E-state index contributed by atoms with van der Waals surface area (Å²) in [6, 6.07) is 5.52. The number of hydrogen-bond acceptors (Lipinski definition) is 4. The van der Waals surface area contributed by atoms with Crippen LogP contribution in [0.4, 0.5) is 5.82 Å². The van der Waals surface area contributed by atoms with Gasteiger partial charge in [0, 0.05) is 10.8 Å². The molecule has 0 amide bonds. The average Bonchev–Trinajstić information content (AvgIpc) is 2.74. The third kappa shape index (κ3) is 3.43. The summed E-state index contributed by atoms with van der Waals surface area (Å²) < 4.78 is 0. The summed E-state index contributed by atoms with van der Waals surface area (Å²) in [7, 11) is 0. The molecule has 96 valence electrons. The number of anilines is 1. The van der Waals surface area contributed by atoms with E-state index in [0.29, 0.717) is 11.7 Å². The minimum absolute atomic E-state index is 0.108. The van der Waals surface area contributed by atoms with Crippen LogP contribution in [0.2, 0.25) is 5.15 Å². The molecule has 0 atom stereocenters. The summed E-state index contributed by atoms with van der Waals surface area (Å²) in [6.07, 6.45) is 0. The Hall–Kier alpha value is -1.13. The number of hydrogen-bond donors (Lipinski definition) is 1. The van der Waals surface area contributed by atoms with Gasteiger partial charge in [0.15, 0.2) is 0 Å². The minimum Gasteiger partial charge on any atom is -0.364 e. The summed E-state index contributed by atoms with van der Waals surface area (Å²) in [4.78, 5) is 8.79. The lowest BCUT2D eigenvalue weighted by molar-refractivity contribution is 0.583. The lowest BCUT2D eigenvalue weighted by atomic mass is 9.98. The Kier molecular flexibility index (Phi) is 3.88. The molecular weight excluding hydrogens is 266 g/mol. The molecule has 0 aromatic carbocycles. The lowest BCUT2D eigenvalue weighted by Crippen LogP contribution is -2.11. The molecule has 0 saturated heterocycles. The first-order valence-corrected chi connectivity index (χ1v) is 7.02. The normalized spacial score (nSPS) is 11.6. The van der Waals surface area contributed by atoms with Crippen LogP contribution in [0.3, 0.4) is 0 Å². The van der Waals surface area contributed by atoms with E-state index in [-0.39, 0.29) is 5.41 Å². The molecule has 2 heterocycles. The highest BCUT2D eigenvalue weighted by molar-refractivity contribution is 7.09. The Balaban J connectivity index is 2.01. The van der Waals surface area contributed by atoms with E-state index >= 15 is 0 Å². The molecule has 0 unspecified atom stereocenters. The van der Waals surface area contributed by atoms with Gasteiger partial charge in [-0.15, -0.1) is 11.3 Å². The van der Waals surface area contributed by atoms with E-state index < -0.39 is 0 Å². The maximum Gasteiger partial charge on any atom is 0.131 e. The van der Waals surface area contributed by atoms with Crippen LogP contribution in [0, 0.1) is 0 Å². The van der Waals surface area contributed by atoms with E-state index in [1.807, 2.05) is 12.1 Å². The number of aromatic nitrogens is 2. The van der Waals surface area contributed by atoms with Gasteiger partial charge in [0.1, 0.15) is 11.0 Å². The van der Waals surface area contributed by atoms with Crippen molar-refractivity contribution in [2.45, 2.75) is 32.7 Å². The number of halogens is 1. The molecule has 3 nitrogen and oxygen atoms in total. The number of rotatable bonds is 3. The van der Waals surface area contributed by atoms with Crippen LogP contribution in [0.15, 0.2) is 23.6 Å². The van der Waals surface area contributed by atoms with Crippen LogP contribution in [0.1, 0.15) is 31.5 Å². The number of nitrogens with one attached hydrogen (secondary N) is 1. The molecule has 0 saturated carbocycles. The fourth-order valence-electron chi connectivity index (χ4n) is 1.42. The van der Waals surface area contributed by atoms with E-state index in [2.05, 4.69) is 41.4 Å². The SMILES string of the molecule is CC(C)(C)c1nc(CNc2cccc(Cl)n2)cs1. The largest absolute Gasteiger partial charge is 0.364 e. The van der Waals surface area contributed by atoms with E-state index in [9.17, 15) is 0 Å². The first-order chi connectivity index (χ1) is 8.45. The second-order valence-electron chi connectivity index (χ2n) is 5.09. The highest BCUT2D eigenvalue weighted by Crippen LogP contribution is 2.25. The molecule has 0 aliphatic rings. The molecule has 1 N–H and O–H groups in total. The summed E-state index contributed by atoms with van der Waals surface area (Å²) in [6.45, 7) is 7.17. The van der Waals surface area contributed by atoms with Gasteiger partial charge in [-0.3, -0.25) is 0 Å². The molecule has 2 aromatic heterocycles. The summed E-state index contributed by atoms with van der Waals surface area (Å²) in [5, 5.41) is 6.94. The Bertz CT molecular complexity index is 531. The van der Waals surface area contributed by atoms with Crippen LogP contribution in [-0.2, 0) is 12.0 Å². The van der Waals surface area contributed by atoms with Crippen molar-refractivity contribution in [1.82, 2.24) is 9.97 Å². The molecule has 18 heavy (non-hydrogen) atoms. The Morgan fingerprint density at radius 1 is 1.28 bits per heavy atom. The van der Waals surface area contributed by atoms with E-state index in [4.69, 9.17) is 11.6 Å². The second kappa shape index (κ2) is 5.24. The fraction of sp³-hybridized carbons (Fsp3) is 0.385. The molecule has 5 heteroatoms. The van der Waals surface area contributed by atoms with Crippen molar-refractivity contribution in [2.24, 2.45) is 0 Å². The van der Waals surface area contributed by atoms with E-state index in [0.717, 1.165) is 16.5 Å². The van der Waals surface area contributed by atoms with Gasteiger partial charge in [-0.05, 0) is 12.1 Å². The van der Waals surface area contributed by atoms with Crippen molar-refractivity contribution in [3.05, 3.63) is 39.4 Å². The smallest absolute Gasteiger partial charge is 0.131 e. The van der Waals surface area contributed by atoms with Crippen molar-refractivity contribution in [1.29, 1.82) is 0 Å². The minimum atomic E-state index is 0.108. The Morgan fingerprint density at radius 3 is 2.67 bits per heavy atom. The summed E-state index contributed by atoms with van der Waals surface area (Å²) >= 11 is 7.52. The molecule has 2 rings (SSSR count). The van der Waals surface area contributed by atoms with Crippen molar-refractivity contribution in [3.63, 3.8) is 0 Å². The molecule has 0 bridgehead atoms. The maximum atomic E-state index is 5.83. The molecule has 0 aliphatic heterocycles. The monoisotopic (exact) mass is 281 g/mol. The molecule has 0 fully saturated rings. The molecule has 2 aromatic rings. The van der Waals surface area contributed by atoms with Gasteiger partial charge in [0.05, 0.1) is 17.2 Å². The van der Waals surface area contributed by atoms with E-state index in [1.165, 1.54) is 0 Å². The molecule has 0 spiro atoms. The van der Waals surface area contributed by atoms with Gasteiger partial charge >= 0.3 is 0 Å². The van der Waals surface area contributed by atoms with Crippen LogP contribution in [-0.4, -0.2) is 9.97 Å². The summed E-state index contributed by atoms with van der Waals surface area (Å²) in [5.74, 6) is 0.771. The predicted molar refractivity (Wildman–Crippen MR) is 77.4 cm³/mol. The Morgan fingerprint density at radius 2 is 2.06 bits per heavy atom. The van der Waals surface area contributed by atoms with Gasteiger partial charge in [-0.25, -0.2) is 9.97 Å². The van der Waals surface area contributed by atoms with Crippen molar-refractivity contribution < 1.29 is 0 Å². The van der Waals surface area contributed by atoms with Gasteiger partial charge < -0.3 is 5.32 Å². The molecule has 0 radical (unpaired) electrons. The first-order valence-electron chi connectivity index (χ1n) is 5.76. The molecule has 0 aliphatic carbocycles. The van der Waals surface area contributed by atoms with Gasteiger partial charge in [0.2, 0.25) is 0 Å². The molecular formula is C13H16ClN3S. The quantitative estimate of drug-likeness (QED) is 0.861. The van der Waals surface area contributed by atoms with Crippen molar-refractivity contribution >= 4 is 28.8 Å². The standard InChI is InChI=1S/C13H16ClN3S/c1-13(2,3)12-16-9(8-18-12)7-15-11-6-4-5-10(14)17-11/h4-6,8H,7H2,1-3H3,(H,15,17). The number of pyridine rings is 1. The van der Waals surface area contributed by atoms with Crippen molar-refractivity contribution in [2.75, 3.05) is 5.32 Å². The maximum absolute atomic E-state index is 5.83. The zero-order valence-electron chi connectivity index (χ0n) is 10.7.